The fourth-order valence-electron chi connectivity index (χ4n) is 1.60. The second kappa shape index (κ2) is 6.44. The molecule has 0 nitrogen and oxygen atoms in total. The van der Waals surface area contributed by atoms with Crippen molar-refractivity contribution in [2.75, 3.05) is 6.26 Å². The van der Waals surface area contributed by atoms with E-state index in [2.05, 4.69) is 94.2 Å². The molecule has 0 amide bonds. The van der Waals surface area contributed by atoms with Crippen molar-refractivity contribution >= 4 is 75.5 Å². The van der Waals surface area contributed by atoms with Crippen LogP contribution in [0.15, 0.2) is 53.1 Å². The van der Waals surface area contributed by atoms with Gasteiger partial charge in [0.05, 0.1) is 0 Å². The summed E-state index contributed by atoms with van der Waals surface area (Å²) in [4.78, 5) is 1.22. The molecule has 0 bridgehead atoms. The highest BCUT2D eigenvalue weighted by Crippen LogP contribution is 2.40. The molecular weight excluding hydrogens is 508 g/mol. The molecule has 2 rings (SSSR count). The van der Waals surface area contributed by atoms with Crippen molar-refractivity contribution < 1.29 is 0 Å². The quantitative estimate of drug-likeness (QED) is 0.384. The van der Waals surface area contributed by atoms with E-state index >= 15 is 0 Å². The van der Waals surface area contributed by atoms with E-state index in [0.717, 1.165) is 17.9 Å². The van der Waals surface area contributed by atoms with Crippen LogP contribution in [-0.4, -0.2) is 6.26 Å². The largest absolute Gasteiger partial charge is 0.128 e. The average Bonchev–Trinajstić information content (AvgIpc) is 2.32. The molecule has 0 N–H and O–H groups in total. The molecule has 0 aliphatic carbocycles. The Morgan fingerprint density at radius 1 is 0.778 bits per heavy atom. The summed E-state index contributed by atoms with van der Waals surface area (Å²) in [6.07, 6.45) is 2.07. The van der Waals surface area contributed by atoms with Crippen molar-refractivity contribution in [1.29, 1.82) is 0 Å². The summed E-state index contributed by atoms with van der Waals surface area (Å²) in [5, 5.41) is 0. The van der Waals surface area contributed by atoms with Gasteiger partial charge in [0.1, 0.15) is 0 Å². The number of thioether (sulfide) groups is 1. The zero-order valence-electron chi connectivity index (χ0n) is 9.31. The molecule has 0 atom stereocenters. The van der Waals surface area contributed by atoms with Gasteiger partial charge in [-0.05, 0) is 57.6 Å². The predicted molar refractivity (Wildman–Crippen MR) is 94.5 cm³/mol. The van der Waals surface area contributed by atoms with E-state index in [-0.39, 0.29) is 0 Å². The van der Waals surface area contributed by atoms with Crippen LogP contribution < -0.4 is 0 Å². The first-order valence-electron chi connectivity index (χ1n) is 5.01. The number of rotatable bonds is 2. The maximum Gasteiger partial charge on any atom is 0.0318 e. The lowest BCUT2D eigenvalue weighted by molar-refractivity contribution is 1.38. The van der Waals surface area contributed by atoms with Crippen LogP contribution in [0.4, 0.5) is 0 Å². The Kier molecular flexibility index (Phi) is 5.40. The number of halogens is 4. The highest BCUT2D eigenvalue weighted by atomic mass is 79.9. The molecule has 18 heavy (non-hydrogen) atoms. The summed E-state index contributed by atoms with van der Waals surface area (Å²) in [6, 6.07) is 10.5. The molecule has 0 spiro atoms. The second-order valence-electron chi connectivity index (χ2n) is 3.59. The molecule has 0 aromatic heterocycles. The normalized spacial score (nSPS) is 10.7. The van der Waals surface area contributed by atoms with Crippen molar-refractivity contribution in [3.8, 4) is 11.1 Å². The van der Waals surface area contributed by atoms with E-state index in [1.54, 1.807) is 11.8 Å². The molecule has 0 saturated carbocycles. The predicted octanol–water partition coefficient (Wildman–Crippen LogP) is 7.13. The van der Waals surface area contributed by atoms with Crippen LogP contribution in [-0.2, 0) is 0 Å². The molecular formula is C13H8Br4S. The van der Waals surface area contributed by atoms with E-state index in [9.17, 15) is 0 Å². The average molecular weight is 516 g/mol. The van der Waals surface area contributed by atoms with E-state index in [1.165, 1.54) is 16.0 Å². The van der Waals surface area contributed by atoms with Gasteiger partial charge >= 0.3 is 0 Å². The minimum atomic E-state index is 1.06. The molecule has 0 fully saturated rings. The highest BCUT2D eigenvalue weighted by molar-refractivity contribution is 9.11. The van der Waals surface area contributed by atoms with Crippen molar-refractivity contribution in [2.45, 2.75) is 4.90 Å². The Morgan fingerprint density at radius 2 is 1.44 bits per heavy atom. The number of benzene rings is 2. The van der Waals surface area contributed by atoms with E-state index in [4.69, 9.17) is 0 Å². The third-order valence-corrected chi connectivity index (χ3v) is 5.96. The van der Waals surface area contributed by atoms with Gasteiger partial charge in [0.15, 0.2) is 0 Å². The van der Waals surface area contributed by atoms with Gasteiger partial charge in [0.25, 0.3) is 0 Å². The van der Waals surface area contributed by atoms with Crippen molar-refractivity contribution in [3.63, 3.8) is 0 Å². The number of hydrogen-bond donors (Lipinski definition) is 0. The van der Waals surface area contributed by atoms with Crippen molar-refractivity contribution in [1.82, 2.24) is 0 Å². The van der Waals surface area contributed by atoms with Gasteiger partial charge in [-0.2, -0.15) is 0 Å². The highest BCUT2D eigenvalue weighted by Gasteiger charge is 2.11. The molecule has 5 heteroatoms. The summed E-state index contributed by atoms with van der Waals surface area (Å²) < 4.78 is 4.34. The molecule has 0 heterocycles. The molecule has 0 radical (unpaired) electrons. The standard InChI is InChI=1S/C13H8Br4S/c1-18-13-6-11(16)9(5-12(13)17)8-3-2-7(14)4-10(8)15/h2-6H,1H3. The van der Waals surface area contributed by atoms with Gasteiger partial charge < -0.3 is 0 Å². The summed E-state index contributed by atoms with van der Waals surface area (Å²) >= 11 is 16.1. The van der Waals surface area contributed by atoms with Gasteiger partial charge in [-0.3, -0.25) is 0 Å². The molecule has 2 aromatic carbocycles. The summed E-state index contributed by atoms with van der Waals surface area (Å²) in [6.45, 7) is 0. The first-order valence-corrected chi connectivity index (χ1v) is 9.41. The molecule has 0 unspecified atom stereocenters. The maximum absolute atomic E-state index is 3.64. The van der Waals surface area contributed by atoms with Crippen molar-refractivity contribution in [2.24, 2.45) is 0 Å². The van der Waals surface area contributed by atoms with E-state index < -0.39 is 0 Å². The minimum absolute atomic E-state index is 1.06. The van der Waals surface area contributed by atoms with Gasteiger partial charge in [-0.15, -0.1) is 11.8 Å². The molecule has 0 aliphatic rings. The van der Waals surface area contributed by atoms with Crippen LogP contribution in [0.3, 0.4) is 0 Å². The zero-order chi connectivity index (χ0) is 13.3. The Bertz CT molecular complexity index is 596. The topological polar surface area (TPSA) is 0 Å². The van der Waals surface area contributed by atoms with Gasteiger partial charge in [0, 0.05) is 22.8 Å². The molecule has 0 saturated heterocycles. The third-order valence-electron chi connectivity index (χ3n) is 2.46. The maximum atomic E-state index is 3.64. The third kappa shape index (κ3) is 3.23. The lowest BCUT2D eigenvalue weighted by Crippen LogP contribution is -1.85. The summed E-state index contributed by atoms with van der Waals surface area (Å²) in [7, 11) is 0. The number of hydrogen-bond acceptors (Lipinski definition) is 1. The van der Waals surface area contributed by atoms with E-state index in [0.29, 0.717) is 0 Å². The van der Waals surface area contributed by atoms with Crippen LogP contribution in [0.5, 0.6) is 0 Å². The lowest BCUT2D eigenvalue weighted by atomic mass is 10.1. The minimum Gasteiger partial charge on any atom is -0.128 e. The van der Waals surface area contributed by atoms with Gasteiger partial charge in [0.2, 0.25) is 0 Å². The van der Waals surface area contributed by atoms with Crippen LogP contribution in [0.1, 0.15) is 0 Å². The summed E-state index contributed by atoms with van der Waals surface area (Å²) in [5.41, 5.74) is 2.33. The fourth-order valence-corrected chi connectivity index (χ4v) is 4.89. The monoisotopic (exact) mass is 512 g/mol. The Balaban J connectivity index is 2.60. The Morgan fingerprint density at radius 3 is 2.06 bits per heavy atom. The first kappa shape index (κ1) is 15.1. The lowest BCUT2D eigenvalue weighted by Gasteiger charge is -2.11. The Labute approximate surface area is 144 Å². The summed E-state index contributed by atoms with van der Waals surface area (Å²) in [5.74, 6) is 0. The second-order valence-corrected chi connectivity index (χ2v) is 7.92. The fraction of sp³-hybridized carbons (Fsp3) is 0.0769. The van der Waals surface area contributed by atoms with Crippen LogP contribution in [0.2, 0.25) is 0 Å². The molecule has 0 aliphatic heterocycles. The SMILES string of the molecule is CSc1cc(Br)c(-c2ccc(Br)cc2Br)cc1Br. The van der Waals surface area contributed by atoms with Gasteiger partial charge in [-0.25, -0.2) is 0 Å². The van der Waals surface area contributed by atoms with Crippen LogP contribution >= 0.6 is 75.5 Å². The molecule has 2 aromatic rings. The van der Waals surface area contributed by atoms with Crippen LogP contribution in [0.25, 0.3) is 11.1 Å². The van der Waals surface area contributed by atoms with Gasteiger partial charge in [-0.1, -0.05) is 53.9 Å². The smallest absolute Gasteiger partial charge is 0.0318 e. The molecule has 94 valence electrons. The zero-order valence-corrected chi connectivity index (χ0v) is 16.5. The van der Waals surface area contributed by atoms with Crippen LogP contribution in [0, 0.1) is 0 Å². The Hall–Kier alpha value is 0.710. The van der Waals surface area contributed by atoms with E-state index in [1.807, 2.05) is 6.07 Å². The first-order chi connectivity index (χ1) is 8.52. The van der Waals surface area contributed by atoms with Crippen molar-refractivity contribution in [3.05, 3.63) is 48.2 Å².